The summed E-state index contributed by atoms with van der Waals surface area (Å²) in [5, 5.41) is 24.4. The summed E-state index contributed by atoms with van der Waals surface area (Å²) in [7, 11) is 0. The van der Waals surface area contributed by atoms with E-state index in [1.807, 2.05) is 0 Å². The Kier molecular flexibility index (Phi) is 3.85. The number of aliphatic hydroxyl groups is 1. The van der Waals surface area contributed by atoms with Gasteiger partial charge in [-0.05, 0) is 0 Å². The normalized spacial score (nSPS) is 12.8. The van der Waals surface area contributed by atoms with Crippen molar-refractivity contribution in [3.8, 4) is 0 Å². The first-order chi connectivity index (χ1) is 5.43. The molecule has 0 aromatic heterocycles. The Morgan fingerprint density at radius 1 is 1.00 bits per heavy atom. The SMILES string of the molecule is O=C(O)/C=C(O)\C(Cl)=C/C(=O)O. The van der Waals surface area contributed by atoms with Gasteiger partial charge in [-0.15, -0.1) is 0 Å². The number of rotatable bonds is 3. The van der Waals surface area contributed by atoms with Crippen molar-refractivity contribution in [1.82, 2.24) is 0 Å². The van der Waals surface area contributed by atoms with Gasteiger partial charge < -0.3 is 15.3 Å². The maximum absolute atomic E-state index is 9.95. The molecular formula is C6H5ClO5. The third-order valence-corrected chi connectivity index (χ3v) is 1.06. The molecule has 5 nitrogen and oxygen atoms in total. The summed E-state index contributed by atoms with van der Waals surface area (Å²) >= 11 is 5.17. The highest BCUT2D eigenvalue weighted by atomic mass is 35.5. The largest absolute Gasteiger partial charge is 0.506 e. The lowest BCUT2D eigenvalue weighted by Crippen LogP contribution is -1.95. The summed E-state index contributed by atoms with van der Waals surface area (Å²) in [4.78, 5) is 19.9. The zero-order valence-electron chi connectivity index (χ0n) is 5.69. The van der Waals surface area contributed by atoms with Crippen LogP contribution in [-0.2, 0) is 9.59 Å². The molecule has 12 heavy (non-hydrogen) atoms. The quantitative estimate of drug-likeness (QED) is 0.348. The number of hydrogen-bond acceptors (Lipinski definition) is 3. The molecule has 6 heteroatoms. The number of carbonyl (C=O) groups is 2. The van der Waals surface area contributed by atoms with Gasteiger partial charge in [0.05, 0.1) is 11.1 Å². The fraction of sp³-hybridized carbons (Fsp3) is 0. The monoisotopic (exact) mass is 192 g/mol. The van der Waals surface area contributed by atoms with Crippen LogP contribution in [0.3, 0.4) is 0 Å². The van der Waals surface area contributed by atoms with Crippen LogP contribution in [0.5, 0.6) is 0 Å². The van der Waals surface area contributed by atoms with E-state index in [-0.39, 0.29) is 0 Å². The minimum Gasteiger partial charge on any atom is -0.506 e. The van der Waals surface area contributed by atoms with Gasteiger partial charge in [0.2, 0.25) is 0 Å². The van der Waals surface area contributed by atoms with Crippen LogP contribution in [0.1, 0.15) is 0 Å². The lowest BCUT2D eigenvalue weighted by atomic mass is 10.4. The van der Waals surface area contributed by atoms with Gasteiger partial charge in [0, 0.05) is 6.08 Å². The van der Waals surface area contributed by atoms with E-state index in [1.54, 1.807) is 0 Å². The average molecular weight is 193 g/mol. The molecule has 0 spiro atoms. The van der Waals surface area contributed by atoms with Crippen molar-refractivity contribution in [3.05, 3.63) is 22.9 Å². The van der Waals surface area contributed by atoms with Crippen molar-refractivity contribution >= 4 is 23.5 Å². The molecule has 0 aliphatic heterocycles. The molecule has 0 aromatic carbocycles. The van der Waals surface area contributed by atoms with Crippen LogP contribution in [-0.4, -0.2) is 27.3 Å². The van der Waals surface area contributed by atoms with Gasteiger partial charge in [0.1, 0.15) is 5.76 Å². The molecule has 0 saturated carbocycles. The number of aliphatic carboxylic acids is 2. The molecule has 0 aliphatic rings. The maximum Gasteiger partial charge on any atom is 0.332 e. The third kappa shape index (κ3) is 4.35. The highest BCUT2D eigenvalue weighted by molar-refractivity contribution is 6.33. The van der Waals surface area contributed by atoms with Crippen LogP contribution in [0.2, 0.25) is 0 Å². The molecule has 0 atom stereocenters. The smallest absolute Gasteiger partial charge is 0.332 e. The van der Waals surface area contributed by atoms with Crippen LogP contribution in [0.15, 0.2) is 22.9 Å². The van der Waals surface area contributed by atoms with Crippen LogP contribution >= 0.6 is 11.6 Å². The van der Waals surface area contributed by atoms with Crippen molar-refractivity contribution in [3.63, 3.8) is 0 Å². The van der Waals surface area contributed by atoms with E-state index >= 15 is 0 Å². The van der Waals surface area contributed by atoms with Gasteiger partial charge in [-0.25, -0.2) is 9.59 Å². The van der Waals surface area contributed by atoms with Gasteiger partial charge in [-0.3, -0.25) is 0 Å². The highest BCUT2D eigenvalue weighted by Gasteiger charge is 2.03. The van der Waals surface area contributed by atoms with Crippen LogP contribution in [0.4, 0.5) is 0 Å². The first-order valence-corrected chi connectivity index (χ1v) is 3.05. The topological polar surface area (TPSA) is 94.8 Å². The van der Waals surface area contributed by atoms with Gasteiger partial charge in [-0.2, -0.15) is 0 Å². The van der Waals surface area contributed by atoms with Crippen molar-refractivity contribution < 1.29 is 24.9 Å². The van der Waals surface area contributed by atoms with Crippen molar-refractivity contribution in [2.24, 2.45) is 0 Å². The Morgan fingerprint density at radius 3 is 1.75 bits per heavy atom. The summed E-state index contributed by atoms with van der Waals surface area (Å²) < 4.78 is 0. The average Bonchev–Trinajstić information content (AvgIpc) is 1.84. The number of hydrogen-bond donors (Lipinski definition) is 3. The zero-order valence-corrected chi connectivity index (χ0v) is 6.45. The molecule has 0 unspecified atom stereocenters. The predicted molar refractivity (Wildman–Crippen MR) is 39.9 cm³/mol. The van der Waals surface area contributed by atoms with Gasteiger partial charge in [0.25, 0.3) is 0 Å². The van der Waals surface area contributed by atoms with E-state index in [0.717, 1.165) is 0 Å². The molecule has 3 N–H and O–H groups in total. The number of carboxylic acid groups (broad SMARTS) is 2. The summed E-state index contributed by atoms with van der Waals surface area (Å²) in [6, 6.07) is 0. The molecule has 0 aliphatic carbocycles. The summed E-state index contributed by atoms with van der Waals surface area (Å²) in [6.07, 6.45) is 0.873. The molecular weight excluding hydrogens is 188 g/mol. The Balaban J connectivity index is 4.59. The van der Waals surface area contributed by atoms with Crippen LogP contribution < -0.4 is 0 Å². The fourth-order valence-corrected chi connectivity index (χ4v) is 0.516. The maximum atomic E-state index is 9.95. The summed E-state index contributed by atoms with van der Waals surface area (Å²) in [5.74, 6) is -3.58. The molecule has 0 amide bonds. The predicted octanol–water partition coefficient (Wildman–Crippen LogP) is 0.720. The first-order valence-electron chi connectivity index (χ1n) is 2.67. The molecule has 0 rings (SSSR count). The zero-order chi connectivity index (χ0) is 9.72. The third-order valence-electron chi connectivity index (χ3n) is 0.755. The number of aliphatic hydroxyl groups excluding tert-OH is 1. The molecule has 0 fully saturated rings. The fourth-order valence-electron chi connectivity index (χ4n) is 0.368. The second kappa shape index (κ2) is 4.40. The summed E-state index contributed by atoms with van der Waals surface area (Å²) in [5.41, 5.74) is 0. The van der Waals surface area contributed by atoms with Crippen molar-refractivity contribution in [1.29, 1.82) is 0 Å². The first kappa shape index (κ1) is 10.5. The molecule has 0 radical (unpaired) electrons. The van der Waals surface area contributed by atoms with E-state index in [0.29, 0.717) is 12.2 Å². The van der Waals surface area contributed by atoms with Crippen LogP contribution in [0.25, 0.3) is 0 Å². The molecule has 0 heterocycles. The Labute approximate surface area is 72.2 Å². The van der Waals surface area contributed by atoms with Crippen molar-refractivity contribution in [2.45, 2.75) is 0 Å². The summed E-state index contributed by atoms with van der Waals surface area (Å²) in [6.45, 7) is 0. The molecule has 0 aromatic rings. The Morgan fingerprint density at radius 2 is 1.42 bits per heavy atom. The molecule has 0 bridgehead atoms. The number of halogens is 1. The minimum atomic E-state index is -1.41. The lowest BCUT2D eigenvalue weighted by molar-refractivity contribution is -0.132. The second-order valence-corrected chi connectivity index (χ2v) is 2.11. The second-order valence-electron chi connectivity index (χ2n) is 1.70. The van der Waals surface area contributed by atoms with Gasteiger partial charge in [0.15, 0.2) is 0 Å². The van der Waals surface area contributed by atoms with E-state index in [9.17, 15) is 9.59 Å². The molecule has 0 saturated heterocycles. The van der Waals surface area contributed by atoms with Gasteiger partial charge in [-0.1, -0.05) is 11.6 Å². The van der Waals surface area contributed by atoms with E-state index in [4.69, 9.17) is 26.9 Å². The lowest BCUT2D eigenvalue weighted by Gasteiger charge is -1.93. The Hall–Kier alpha value is -1.49. The number of carboxylic acids is 2. The van der Waals surface area contributed by atoms with E-state index < -0.39 is 22.7 Å². The molecule has 66 valence electrons. The van der Waals surface area contributed by atoms with Crippen LogP contribution in [0, 0.1) is 0 Å². The Bertz CT molecular complexity index is 237. The van der Waals surface area contributed by atoms with E-state index in [1.165, 1.54) is 0 Å². The standard InChI is InChI=1S/C6H5ClO5/c7-3(1-5(9)10)4(8)2-6(11)12/h1-2,8H,(H,9,10)(H,11,12)/b3-1+,4-2+. The number of allylic oxidation sites excluding steroid dienone is 1. The highest BCUT2D eigenvalue weighted by Crippen LogP contribution is 2.10. The van der Waals surface area contributed by atoms with Gasteiger partial charge >= 0.3 is 11.9 Å². The van der Waals surface area contributed by atoms with E-state index in [2.05, 4.69) is 0 Å². The minimum absolute atomic E-state index is 0.391. The van der Waals surface area contributed by atoms with Crippen molar-refractivity contribution in [2.75, 3.05) is 0 Å².